The smallest absolute Gasteiger partial charge is 0.339 e. The van der Waals surface area contributed by atoms with Crippen molar-refractivity contribution in [3.8, 4) is 11.5 Å². The average molecular weight is 322 g/mol. The molecule has 0 atom stereocenters. The summed E-state index contributed by atoms with van der Waals surface area (Å²) in [5.74, 6) is -0.280. The highest BCUT2D eigenvalue weighted by atomic mass is 32.2. The van der Waals surface area contributed by atoms with Crippen LogP contribution in [-0.4, -0.2) is 28.6 Å². The molecule has 0 N–H and O–H groups in total. The lowest BCUT2D eigenvalue weighted by molar-refractivity contribution is 0.0600. The van der Waals surface area contributed by atoms with E-state index in [-0.39, 0.29) is 22.0 Å². The lowest BCUT2D eigenvalue weighted by Gasteiger charge is -2.10. The monoisotopic (exact) mass is 322 g/mol. The molecule has 0 fully saturated rings. The Labute approximate surface area is 128 Å². The van der Waals surface area contributed by atoms with Crippen LogP contribution < -0.4 is 8.92 Å². The van der Waals surface area contributed by atoms with Gasteiger partial charge in [-0.1, -0.05) is 18.2 Å². The third-order valence-electron chi connectivity index (χ3n) is 2.81. The zero-order valence-corrected chi connectivity index (χ0v) is 12.8. The van der Waals surface area contributed by atoms with Crippen molar-refractivity contribution in [3.63, 3.8) is 0 Å². The minimum Gasteiger partial charge on any atom is -0.493 e. The number of methoxy groups -OCH3 is 2. The third kappa shape index (κ3) is 3.37. The molecule has 0 bridgehead atoms. The second-order valence-corrected chi connectivity index (χ2v) is 5.75. The topological polar surface area (TPSA) is 78.9 Å². The van der Waals surface area contributed by atoms with Gasteiger partial charge in [-0.3, -0.25) is 0 Å². The fraction of sp³-hybridized carbons (Fsp3) is 0.133. The zero-order valence-electron chi connectivity index (χ0n) is 12.0. The lowest BCUT2D eigenvalue weighted by atomic mass is 10.2. The Morgan fingerprint density at radius 3 is 2.27 bits per heavy atom. The van der Waals surface area contributed by atoms with Gasteiger partial charge >= 0.3 is 16.1 Å². The van der Waals surface area contributed by atoms with Crippen molar-refractivity contribution in [2.45, 2.75) is 4.90 Å². The summed E-state index contributed by atoms with van der Waals surface area (Å²) in [5.41, 5.74) is 0.118. The summed E-state index contributed by atoms with van der Waals surface area (Å²) in [6, 6.07) is 11.8. The van der Waals surface area contributed by atoms with Crippen molar-refractivity contribution in [1.29, 1.82) is 0 Å². The van der Waals surface area contributed by atoms with Crippen molar-refractivity contribution in [2.24, 2.45) is 0 Å². The fourth-order valence-corrected chi connectivity index (χ4v) is 2.74. The number of ether oxygens (including phenoxy) is 2. The number of para-hydroxylation sites is 2. The number of carbonyl (C=O) groups excluding carboxylic acids is 1. The van der Waals surface area contributed by atoms with Crippen LogP contribution in [0.15, 0.2) is 53.4 Å². The van der Waals surface area contributed by atoms with Crippen LogP contribution >= 0.6 is 0 Å². The van der Waals surface area contributed by atoms with Gasteiger partial charge in [-0.05, 0) is 30.3 Å². The van der Waals surface area contributed by atoms with E-state index in [1.807, 2.05) is 0 Å². The maximum absolute atomic E-state index is 12.3. The van der Waals surface area contributed by atoms with Crippen LogP contribution in [0.2, 0.25) is 0 Å². The molecule has 2 aromatic rings. The second-order valence-electron chi connectivity index (χ2n) is 4.21. The Balaban J connectivity index is 2.37. The van der Waals surface area contributed by atoms with Gasteiger partial charge in [-0.15, -0.1) is 0 Å². The van der Waals surface area contributed by atoms with Crippen LogP contribution in [0.5, 0.6) is 11.5 Å². The van der Waals surface area contributed by atoms with E-state index in [1.54, 1.807) is 18.2 Å². The molecule has 0 saturated heterocycles. The van der Waals surface area contributed by atoms with Gasteiger partial charge in [0.25, 0.3) is 0 Å². The fourth-order valence-electron chi connectivity index (χ4n) is 1.75. The maximum atomic E-state index is 12.3. The summed E-state index contributed by atoms with van der Waals surface area (Å²) in [6.45, 7) is 0. The van der Waals surface area contributed by atoms with E-state index in [9.17, 15) is 13.2 Å². The van der Waals surface area contributed by atoms with Crippen LogP contribution in [0.1, 0.15) is 10.4 Å². The predicted octanol–water partition coefficient (Wildman–Crippen LogP) is 2.25. The summed E-state index contributed by atoms with van der Waals surface area (Å²) >= 11 is 0. The van der Waals surface area contributed by atoms with Gasteiger partial charge in [0.2, 0.25) is 0 Å². The van der Waals surface area contributed by atoms with Crippen molar-refractivity contribution >= 4 is 16.1 Å². The highest BCUT2D eigenvalue weighted by molar-refractivity contribution is 7.87. The van der Waals surface area contributed by atoms with Crippen LogP contribution in [0.3, 0.4) is 0 Å². The molecule has 2 aromatic carbocycles. The number of benzene rings is 2. The standard InChI is InChI=1S/C15H14O6S/c1-19-13-8-3-4-9-14(13)21-22(17,18)12-7-5-6-11(10-12)15(16)20-2/h3-10H,1-2H3. The molecule has 0 amide bonds. The van der Waals surface area contributed by atoms with E-state index in [4.69, 9.17) is 8.92 Å². The lowest BCUT2D eigenvalue weighted by Crippen LogP contribution is -2.11. The summed E-state index contributed by atoms with van der Waals surface area (Å²) in [5, 5.41) is 0. The van der Waals surface area contributed by atoms with Gasteiger partial charge in [0.05, 0.1) is 19.8 Å². The zero-order chi connectivity index (χ0) is 16.2. The molecule has 0 aliphatic carbocycles. The Kier molecular flexibility index (Phi) is 4.67. The first-order valence-electron chi connectivity index (χ1n) is 6.24. The van der Waals surface area contributed by atoms with E-state index in [1.165, 1.54) is 44.6 Å². The minimum absolute atomic E-state index is 0.0634. The van der Waals surface area contributed by atoms with E-state index < -0.39 is 16.1 Å². The summed E-state index contributed by atoms with van der Waals surface area (Å²) < 4.78 is 39.3. The van der Waals surface area contributed by atoms with Crippen molar-refractivity contribution < 1.29 is 26.9 Å². The molecule has 22 heavy (non-hydrogen) atoms. The number of hydrogen-bond donors (Lipinski definition) is 0. The number of hydrogen-bond acceptors (Lipinski definition) is 6. The summed E-state index contributed by atoms with van der Waals surface area (Å²) in [6.07, 6.45) is 0. The molecule has 0 aromatic heterocycles. The first kappa shape index (κ1) is 15.8. The van der Waals surface area contributed by atoms with Crippen molar-refractivity contribution in [3.05, 3.63) is 54.1 Å². The van der Waals surface area contributed by atoms with Gasteiger partial charge in [0.15, 0.2) is 11.5 Å². The van der Waals surface area contributed by atoms with Gasteiger partial charge in [0.1, 0.15) is 4.90 Å². The van der Waals surface area contributed by atoms with Crippen molar-refractivity contribution in [1.82, 2.24) is 0 Å². The van der Waals surface area contributed by atoms with Crippen LogP contribution in [-0.2, 0) is 14.9 Å². The maximum Gasteiger partial charge on any atom is 0.339 e. The van der Waals surface area contributed by atoms with E-state index in [0.717, 1.165) is 0 Å². The average Bonchev–Trinajstić information content (AvgIpc) is 2.54. The van der Waals surface area contributed by atoms with Gasteiger partial charge in [0, 0.05) is 0 Å². The quantitative estimate of drug-likeness (QED) is 0.620. The van der Waals surface area contributed by atoms with Gasteiger partial charge in [-0.25, -0.2) is 4.79 Å². The molecule has 0 aliphatic rings. The molecule has 0 radical (unpaired) electrons. The SMILES string of the molecule is COC(=O)c1cccc(S(=O)(=O)Oc2ccccc2OC)c1. The molecule has 6 nitrogen and oxygen atoms in total. The Bertz CT molecular complexity index is 782. The van der Waals surface area contributed by atoms with E-state index in [0.29, 0.717) is 0 Å². The first-order chi connectivity index (χ1) is 10.5. The molecule has 0 saturated carbocycles. The number of carbonyl (C=O) groups is 1. The number of rotatable bonds is 5. The Morgan fingerprint density at radius 2 is 1.64 bits per heavy atom. The predicted molar refractivity (Wildman–Crippen MR) is 78.6 cm³/mol. The largest absolute Gasteiger partial charge is 0.493 e. The minimum atomic E-state index is -4.10. The van der Waals surface area contributed by atoms with Gasteiger partial charge in [-0.2, -0.15) is 8.42 Å². The normalized spacial score (nSPS) is 10.8. The van der Waals surface area contributed by atoms with Crippen LogP contribution in [0.25, 0.3) is 0 Å². The van der Waals surface area contributed by atoms with E-state index >= 15 is 0 Å². The Morgan fingerprint density at radius 1 is 0.955 bits per heavy atom. The highest BCUT2D eigenvalue weighted by Crippen LogP contribution is 2.29. The summed E-state index contributed by atoms with van der Waals surface area (Å²) in [7, 11) is -1.47. The summed E-state index contributed by atoms with van der Waals surface area (Å²) in [4.78, 5) is 11.3. The second kappa shape index (κ2) is 6.48. The molecular weight excluding hydrogens is 308 g/mol. The van der Waals surface area contributed by atoms with Gasteiger partial charge < -0.3 is 13.7 Å². The molecule has 7 heteroatoms. The molecule has 116 valence electrons. The molecule has 0 aliphatic heterocycles. The van der Waals surface area contributed by atoms with E-state index in [2.05, 4.69) is 4.74 Å². The number of esters is 1. The molecule has 0 heterocycles. The highest BCUT2D eigenvalue weighted by Gasteiger charge is 2.20. The van der Waals surface area contributed by atoms with Crippen molar-refractivity contribution in [2.75, 3.05) is 14.2 Å². The van der Waals surface area contributed by atoms with Crippen LogP contribution in [0.4, 0.5) is 0 Å². The molecular formula is C15H14O6S. The molecule has 0 unspecified atom stereocenters. The van der Waals surface area contributed by atoms with Crippen LogP contribution in [0, 0.1) is 0 Å². The third-order valence-corrected chi connectivity index (χ3v) is 4.04. The molecule has 0 spiro atoms. The molecule has 2 rings (SSSR count). The Hall–Kier alpha value is -2.54. The first-order valence-corrected chi connectivity index (χ1v) is 7.64.